The molecule has 26 heavy (non-hydrogen) atoms. The van der Waals surface area contributed by atoms with E-state index in [1.165, 1.54) is 0 Å². The lowest BCUT2D eigenvalue weighted by atomic mass is 9.79. The molecule has 0 aliphatic carbocycles. The highest BCUT2D eigenvalue weighted by Crippen LogP contribution is 2.42. The van der Waals surface area contributed by atoms with E-state index in [9.17, 15) is 0 Å². The molecule has 2 aliphatic rings. The number of ether oxygens (including phenoxy) is 2. The van der Waals surface area contributed by atoms with Crippen LogP contribution in [0.5, 0.6) is 0 Å². The summed E-state index contributed by atoms with van der Waals surface area (Å²) in [6, 6.07) is 8.06. The quantitative estimate of drug-likeness (QED) is 0.710. The van der Waals surface area contributed by atoms with Crippen LogP contribution in [0.15, 0.2) is 28.8 Å². The molecule has 2 saturated heterocycles. The zero-order valence-electron chi connectivity index (χ0n) is 15.6. The lowest BCUT2D eigenvalue weighted by molar-refractivity contribution is -0.139. The van der Waals surface area contributed by atoms with Crippen LogP contribution in [0, 0.1) is 19.8 Å². The Balaban J connectivity index is 1.22. The lowest BCUT2D eigenvalue weighted by Gasteiger charge is -2.50. The van der Waals surface area contributed by atoms with Crippen molar-refractivity contribution in [3.8, 4) is 0 Å². The molecule has 2 aromatic heterocycles. The summed E-state index contributed by atoms with van der Waals surface area (Å²) in [4.78, 5) is 6.86. The highest BCUT2D eigenvalue weighted by molar-refractivity contribution is 5.10. The highest BCUT2D eigenvalue weighted by Gasteiger charge is 2.52. The summed E-state index contributed by atoms with van der Waals surface area (Å²) in [7, 11) is 0. The molecule has 2 fully saturated rings. The van der Waals surface area contributed by atoms with Crippen molar-refractivity contribution in [3.05, 3.63) is 47.1 Å². The lowest BCUT2D eigenvalue weighted by Crippen LogP contribution is -2.64. The van der Waals surface area contributed by atoms with Crippen LogP contribution in [0.2, 0.25) is 0 Å². The van der Waals surface area contributed by atoms with E-state index < -0.39 is 0 Å². The molecular formula is C20H27N3O3. The molecule has 0 amide bonds. The molecule has 0 aromatic carbocycles. The minimum atomic E-state index is 0.0176. The van der Waals surface area contributed by atoms with Gasteiger partial charge < -0.3 is 14.0 Å². The third-order valence-corrected chi connectivity index (χ3v) is 5.45. The van der Waals surface area contributed by atoms with Gasteiger partial charge in [-0.05, 0) is 44.7 Å². The summed E-state index contributed by atoms with van der Waals surface area (Å²) in [5.74, 6) is 1.44. The molecule has 1 spiro atoms. The van der Waals surface area contributed by atoms with Gasteiger partial charge in [-0.25, -0.2) is 0 Å². The van der Waals surface area contributed by atoms with Crippen molar-refractivity contribution >= 4 is 0 Å². The minimum Gasteiger partial charge on any atom is -0.375 e. The van der Waals surface area contributed by atoms with E-state index in [2.05, 4.69) is 15.0 Å². The minimum absolute atomic E-state index is 0.0176. The Kier molecular flexibility index (Phi) is 5.07. The van der Waals surface area contributed by atoms with Crippen LogP contribution in [-0.2, 0) is 22.6 Å². The summed E-state index contributed by atoms with van der Waals surface area (Å²) < 4.78 is 17.2. The summed E-state index contributed by atoms with van der Waals surface area (Å²) in [5, 5.41) is 4.08. The highest BCUT2D eigenvalue weighted by atomic mass is 16.5. The van der Waals surface area contributed by atoms with E-state index in [-0.39, 0.29) is 5.60 Å². The molecule has 2 aromatic rings. The second-order valence-corrected chi connectivity index (χ2v) is 7.58. The van der Waals surface area contributed by atoms with E-state index in [1.54, 1.807) is 0 Å². The van der Waals surface area contributed by atoms with Crippen molar-refractivity contribution in [2.75, 3.05) is 26.3 Å². The van der Waals surface area contributed by atoms with Crippen LogP contribution in [0.3, 0.4) is 0 Å². The second kappa shape index (κ2) is 7.47. The average molecular weight is 357 g/mol. The normalized spacial score (nSPS) is 22.0. The van der Waals surface area contributed by atoms with Crippen LogP contribution < -0.4 is 0 Å². The maximum Gasteiger partial charge on any atom is 0.133 e. The Hall–Kier alpha value is -1.76. The number of pyridine rings is 1. The number of rotatable bonds is 7. The smallest absolute Gasteiger partial charge is 0.133 e. The van der Waals surface area contributed by atoms with Crippen LogP contribution in [0.4, 0.5) is 0 Å². The second-order valence-electron chi connectivity index (χ2n) is 7.58. The maximum absolute atomic E-state index is 6.14. The molecule has 0 saturated carbocycles. The number of hydrogen-bond donors (Lipinski definition) is 0. The standard InChI is InChI=1S/C20H27N3O3/c1-15-4-3-5-18(21-15)12-24-8-6-17-7-9-25-20(17)13-23(14-20)11-19-10-16(2)26-22-19/h3-5,10,17H,6-9,11-14H2,1-2H3/t17-/m0/s1. The predicted molar refractivity (Wildman–Crippen MR) is 96.6 cm³/mol. The molecule has 0 N–H and O–H groups in total. The van der Waals surface area contributed by atoms with Crippen molar-refractivity contribution in [2.45, 2.75) is 45.4 Å². The number of aryl methyl sites for hydroxylation is 2. The fourth-order valence-corrected chi connectivity index (χ4v) is 4.17. The Bertz CT molecular complexity index is 739. The molecule has 0 unspecified atom stereocenters. The third kappa shape index (κ3) is 3.82. The fraction of sp³-hybridized carbons (Fsp3) is 0.600. The van der Waals surface area contributed by atoms with Crippen molar-refractivity contribution in [1.82, 2.24) is 15.0 Å². The van der Waals surface area contributed by atoms with Gasteiger partial charge in [0.05, 0.1) is 23.6 Å². The van der Waals surface area contributed by atoms with Crippen LogP contribution in [-0.4, -0.2) is 46.9 Å². The topological polar surface area (TPSA) is 60.6 Å². The molecule has 6 heteroatoms. The van der Waals surface area contributed by atoms with E-state index >= 15 is 0 Å². The first-order valence-electron chi connectivity index (χ1n) is 9.42. The molecule has 6 nitrogen and oxygen atoms in total. The van der Waals surface area contributed by atoms with E-state index in [0.717, 1.165) is 68.5 Å². The Labute approximate surface area is 154 Å². The first-order valence-corrected chi connectivity index (χ1v) is 9.42. The molecule has 1 atom stereocenters. The largest absolute Gasteiger partial charge is 0.375 e. The van der Waals surface area contributed by atoms with Gasteiger partial charge in [0.25, 0.3) is 0 Å². The van der Waals surface area contributed by atoms with Gasteiger partial charge in [-0.1, -0.05) is 11.2 Å². The molecule has 2 aliphatic heterocycles. The molecule has 0 bridgehead atoms. The van der Waals surface area contributed by atoms with Crippen molar-refractivity contribution in [3.63, 3.8) is 0 Å². The summed E-state index contributed by atoms with van der Waals surface area (Å²) in [5.41, 5.74) is 3.05. The van der Waals surface area contributed by atoms with Crippen molar-refractivity contribution in [2.24, 2.45) is 5.92 Å². The van der Waals surface area contributed by atoms with Crippen LogP contribution >= 0.6 is 0 Å². The Morgan fingerprint density at radius 2 is 2.15 bits per heavy atom. The predicted octanol–water partition coefficient (Wildman–Crippen LogP) is 2.88. The van der Waals surface area contributed by atoms with E-state index in [0.29, 0.717) is 12.5 Å². The van der Waals surface area contributed by atoms with Gasteiger partial charge in [0.15, 0.2) is 0 Å². The molecule has 4 rings (SSSR count). The molecule has 0 radical (unpaired) electrons. The SMILES string of the molecule is Cc1cccc(COCC[C@H]2CCOC23CN(Cc2cc(C)on2)C3)n1. The summed E-state index contributed by atoms with van der Waals surface area (Å²) >= 11 is 0. The summed E-state index contributed by atoms with van der Waals surface area (Å²) in [6.45, 7) is 8.92. The van der Waals surface area contributed by atoms with E-state index in [4.69, 9.17) is 14.0 Å². The number of likely N-dealkylation sites (tertiary alicyclic amines) is 1. The van der Waals surface area contributed by atoms with Gasteiger partial charge in [0.1, 0.15) is 5.76 Å². The zero-order valence-corrected chi connectivity index (χ0v) is 15.6. The van der Waals surface area contributed by atoms with Crippen molar-refractivity contribution in [1.29, 1.82) is 0 Å². The Morgan fingerprint density at radius 1 is 1.27 bits per heavy atom. The molecular weight excluding hydrogens is 330 g/mol. The van der Waals surface area contributed by atoms with Gasteiger partial charge in [0.2, 0.25) is 0 Å². The van der Waals surface area contributed by atoms with Gasteiger partial charge in [-0.2, -0.15) is 0 Å². The van der Waals surface area contributed by atoms with Gasteiger partial charge in [-0.3, -0.25) is 9.88 Å². The average Bonchev–Trinajstić information content (AvgIpc) is 3.18. The zero-order chi connectivity index (χ0) is 18.0. The number of aromatic nitrogens is 2. The van der Waals surface area contributed by atoms with Gasteiger partial charge >= 0.3 is 0 Å². The molecule has 140 valence electrons. The first kappa shape index (κ1) is 17.6. The maximum atomic E-state index is 6.14. The third-order valence-electron chi connectivity index (χ3n) is 5.45. The Morgan fingerprint density at radius 3 is 2.92 bits per heavy atom. The number of nitrogens with zero attached hydrogens (tertiary/aromatic N) is 3. The van der Waals surface area contributed by atoms with Gasteiger partial charge in [-0.15, -0.1) is 0 Å². The summed E-state index contributed by atoms with van der Waals surface area (Å²) in [6.07, 6.45) is 2.17. The van der Waals surface area contributed by atoms with Crippen molar-refractivity contribution < 1.29 is 14.0 Å². The molecule has 4 heterocycles. The number of hydrogen-bond acceptors (Lipinski definition) is 6. The van der Waals surface area contributed by atoms with Gasteiger partial charge in [0, 0.05) is 44.6 Å². The van der Waals surface area contributed by atoms with Crippen LogP contribution in [0.1, 0.15) is 35.7 Å². The monoisotopic (exact) mass is 357 g/mol. The van der Waals surface area contributed by atoms with Crippen LogP contribution in [0.25, 0.3) is 0 Å². The van der Waals surface area contributed by atoms with E-state index in [1.807, 2.05) is 38.1 Å². The fourth-order valence-electron chi connectivity index (χ4n) is 4.17. The first-order chi connectivity index (χ1) is 12.6.